The number of hydrogen-bond donors (Lipinski definition) is 21. The zero-order valence-corrected chi connectivity index (χ0v) is 82.9. The molecule has 8 aliphatic heterocycles. The molecule has 2 aliphatic carbocycles. The van der Waals surface area contributed by atoms with Crippen molar-refractivity contribution in [2.45, 2.75) is 345 Å². The van der Waals surface area contributed by atoms with Gasteiger partial charge in [-0.2, -0.15) is 0 Å². The molecule has 0 radical (unpaired) electrons. The Bertz CT molecular complexity index is 5090. The molecule has 0 aromatic heterocycles. The summed E-state index contributed by atoms with van der Waals surface area (Å²) in [7, 11) is 0. The minimum absolute atomic E-state index is 0. The Hall–Kier alpha value is -8.85. The minimum atomic E-state index is -1.83. The number of Topliss-reactive ketones (excluding diaryl/α,β-unsaturated/α-hetero) is 2. The molecule has 42 atom stereocenters. The molecule has 0 spiro atoms. The highest BCUT2D eigenvalue weighted by Gasteiger charge is 2.60. The van der Waals surface area contributed by atoms with Crippen molar-refractivity contribution in [3.8, 4) is 0 Å². The van der Waals surface area contributed by atoms with E-state index >= 15 is 0 Å². The van der Waals surface area contributed by atoms with Crippen LogP contribution in [0.15, 0.2) is 182 Å². The zero-order valence-electron chi connectivity index (χ0n) is 82.9. The number of alkyl carbamates (subject to hydrolysis) is 3. The van der Waals surface area contributed by atoms with Crippen LogP contribution < -0.4 is 50.4 Å². The Labute approximate surface area is 869 Å². The molecule has 828 valence electrons. The predicted molar refractivity (Wildman–Crippen MR) is 530 cm³/mol. The first-order valence-corrected chi connectivity index (χ1v) is 51.1. The molecular formula is C106H149N9O35. The number of aliphatic hydroxyl groups is 12. The highest BCUT2D eigenvalue weighted by Crippen LogP contribution is 2.47. The van der Waals surface area contributed by atoms with Crippen LogP contribution in [0, 0.1) is 23.7 Å². The third-order valence-electron chi connectivity index (χ3n) is 29.6. The lowest BCUT2D eigenvalue weighted by Crippen LogP contribution is -2.66. The maximum atomic E-state index is 14.9. The van der Waals surface area contributed by atoms with E-state index in [1.165, 1.54) is 0 Å². The molecule has 8 heterocycles. The van der Waals surface area contributed by atoms with Crippen molar-refractivity contribution in [2.24, 2.45) is 58.1 Å². The van der Waals surface area contributed by atoms with Crippen LogP contribution in [-0.2, 0) is 121 Å². The number of ketones is 2. The van der Waals surface area contributed by atoms with Gasteiger partial charge in [0.25, 0.3) is 0 Å². The molecule has 6 aromatic rings. The Balaban J connectivity index is 0.000000297. The van der Waals surface area contributed by atoms with Gasteiger partial charge in [-0.15, -0.1) is 0 Å². The molecule has 10 fully saturated rings. The lowest BCUT2D eigenvalue weighted by molar-refractivity contribution is -0.316. The smallest absolute Gasteiger partial charge is 0.407 e. The molecule has 8 saturated heterocycles. The number of aliphatic hydroxyl groups excluding tert-OH is 12. The number of fused-ring (bicyclic) bond motifs is 2. The van der Waals surface area contributed by atoms with Gasteiger partial charge in [0.2, 0.25) is 0 Å². The summed E-state index contributed by atoms with van der Waals surface area (Å²) in [6.07, 6.45) is -41.1. The van der Waals surface area contributed by atoms with Crippen LogP contribution in [0.25, 0.3) is 0 Å². The van der Waals surface area contributed by atoms with Crippen molar-refractivity contribution in [1.29, 1.82) is 0 Å². The molecule has 6 aromatic carbocycles. The fraction of sp³-hybridized carbons (Fsp3) is 0.613. The third-order valence-corrected chi connectivity index (χ3v) is 29.6. The van der Waals surface area contributed by atoms with Crippen LogP contribution in [0.2, 0.25) is 0 Å². The van der Waals surface area contributed by atoms with Gasteiger partial charge in [0.05, 0.1) is 111 Å². The Kier molecular flexibility index (Phi) is 43.2. The second kappa shape index (κ2) is 55.5. The van der Waals surface area contributed by atoms with E-state index in [9.17, 15) is 85.3 Å². The number of amides is 3. The van der Waals surface area contributed by atoms with Crippen LogP contribution in [0.1, 0.15) is 131 Å². The molecular weight excluding hydrogens is 1960 g/mol. The zero-order chi connectivity index (χ0) is 106. The van der Waals surface area contributed by atoms with E-state index in [4.69, 9.17) is 120 Å². The number of carbonyl (C=O) groups is 5. The lowest BCUT2D eigenvalue weighted by Gasteiger charge is -2.49. The topological polar surface area (TPSA) is 686 Å². The van der Waals surface area contributed by atoms with Gasteiger partial charge in [0.1, 0.15) is 123 Å². The molecule has 44 heteroatoms. The van der Waals surface area contributed by atoms with Gasteiger partial charge in [0, 0.05) is 57.4 Å². The first-order valence-electron chi connectivity index (χ1n) is 51.1. The average Bonchev–Trinajstić information content (AvgIpc) is 1.51. The Morgan fingerprint density at radius 1 is 0.407 bits per heavy atom. The van der Waals surface area contributed by atoms with Gasteiger partial charge >= 0.3 is 18.3 Å². The maximum Gasteiger partial charge on any atom is 0.407 e. The molecule has 10 aliphatic rings. The molecule has 44 nitrogen and oxygen atoms in total. The number of ether oxygens (including phenoxy) is 18. The van der Waals surface area contributed by atoms with E-state index in [1.807, 2.05) is 177 Å². The standard InChI is InChI=1S/C77H91N3O20.C28H54N6O15.CH4/c1-46-37-54(38-56(82)47(2)62(89-42-48-21-9-3-10-22-48)40-78-75(86)90-43-49-23-11-4-12-24-49)65(83)71(68(46)98-72-55(79-76(87)91-44-50-25-13-5-14-26-50)39-61-59(95-72)35-33-57(93-61)52-29-17-7-18-30-52)100-74-67(85)70(63(41-81)97-74)99-73-64(80-77(88)92-45-51-27-15-6-16-28-51)66(84)69-60(96-73)36-34-58(94-69)53-31-19-8-20-32-53;29-4-13(38)19(40)12(37)2-8-1-9(32)23(47-26-10(33)3-11(36)14(5-30)44-26)25(18(8)39)49-28-22(43)24(16(7-35)46-28)48-27-17(34)21(42)20(41)15(6-31)45-27;/h3-32,46-47,54-55,57-74,81,83-85H,33-45H2,1-2H3,(H,78,86)(H,79,87)(H,80,88);8-11,13-28,35-36,38-43H,1-7,29-34H2;1H4/t46-,47+,54-,55?,57?,58?,59+,60-,61-,62+,63+,64+,65-,66+,67+,68+,69+,70+,71+,72+,73+,74-;8-,9-,10+,11-,13+,14+,15-,16+,17+,18-,19+,20+,21+,22+,23+,24+,25+,26+,27+,28-;/m00./s1. The third kappa shape index (κ3) is 29.5. The van der Waals surface area contributed by atoms with Gasteiger partial charge in [0.15, 0.2) is 43.5 Å². The summed E-state index contributed by atoms with van der Waals surface area (Å²) in [5, 5.41) is 142. The van der Waals surface area contributed by atoms with Crippen molar-refractivity contribution >= 4 is 29.8 Å². The summed E-state index contributed by atoms with van der Waals surface area (Å²) < 4.78 is 112. The van der Waals surface area contributed by atoms with E-state index in [2.05, 4.69) is 16.0 Å². The molecule has 150 heavy (non-hydrogen) atoms. The van der Waals surface area contributed by atoms with Crippen LogP contribution in [-0.4, -0.2) is 351 Å². The van der Waals surface area contributed by atoms with Crippen LogP contribution in [0.5, 0.6) is 0 Å². The van der Waals surface area contributed by atoms with Crippen molar-refractivity contribution in [1.82, 2.24) is 16.0 Å². The summed E-state index contributed by atoms with van der Waals surface area (Å²) in [5.41, 5.74) is 40.5. The lowest BCUT2D eigenvalue weighted by atomic mass is 9.73. The maximum absolute atomic E-state index is 14.9. The summed E-state index contributed by atoms with van der Waals surface area (Å²) in [4.78, 5) is 68.6. The second-order valence-electron chi connectivity index (χ2n) is 40.0. The normalized spacial score (nSPS) is 36.6. The second-order valence-corrected chi connectivity index (χ2v) is 40.0. The summed E-state index contributed by atoms with van der Waals surface area (Å²) >= 11 is 0. The van der Waals surface area contributed by atoms with Crippen molar-refractivity contribution in [2.75, 3.05) is 39.4 Å². The fourth-order valence-electron chi connectivity index (χ4n) is 21.1. The fourth-order valence-corrected chi connectivity index (χ4v) is 21.1. The van der Waals surface area contributed by atoms with E-state index in [1.54, 1.807) is 19.1 Å². The Morgan fingerprint density at radius 2 is 0.853 bits per heavy atom. The highest BCUT2D eigenvalue weighted by atomic mass is 16.8. The molecule has 3 amide bonds. The number of nitrogens with two attached hydrogens (primary N) is 6. The van der Waals surface area contributed by atoms with Crippen molar-refractivity contribution in [3.63, 3.8) is 0 Å². The number of nitrogens with one attached hydrogen (secondary N) is 3. The Morgan fingerprint density at radius 3 is 1.39 bits per heavy atom. The van der Waals surface area contributed by atoms with Gasteiger partial charge in [-0.25, -0.2) is 14.4 Å². The number of benzene rings is 6. The van der Waals surface area contributed by atoms with Gasteiger partial charge in [-0.1, -0.05) is 203 Å². The van der Waals surface area contributed by atoms with Crippen LogP contribution >= 0.6 is 0 Å². The van der Waals surface area contributed by atoms with E-state index in [0.717, 1.165) is 27.8 Å². The number of rotatable bonds is 40. The van der Waals surface area contributed by atoms with Crippen molar-refractivity contribution in [3.05, 3.63) is 215 Å². The number of carbonyl (C=O) groups excluding carboxylic acids is 5. The van der Waals surface area contributed by atoms with Crippen LogP contribution in [0.4, 0.5) is 14.4 Å². The first-order chi connectivity index (χ1) is 71.9. The molecule has 0 bridgehead atoms. The predicted octanol–water partition coefficient (Wildman–Crippen LogP) is 0.674. The number of hydrogen-bond acceptors (Lipinski definition) is 41. The van der Waals surface area contributed by atoms with Gasteiger partial charge in [-0.3, -0.25) is 9.59 Å². The largest absolute Gasteiger partial charge is 0.445 e. The van der Waals surface area contributed by atoms with Gasteiger partial charge < -0.3 is 197 Å². The summed E-state index contributed by atoms with van der Waals surface area (Å²) in [5.74, 6) is -4.30. The average molecular weight is 2110 g/mol. The molecule has 16 rings (SSSR count). The van der Waals surface area contributed by atoms with Crippen LogP contribution in [0.3, 0.4) is 0 Å². The van der Waals surface area contributed by atoms with Crippen molar-refractivity contribution < 1.29 is 171 Å². The minimum Gasteiger partial charge on any atom is -0.445 e. The first kappa shape index (κ1) is 117. The quantitative estimate of drug-likeness (QED) is 0.0235. The van der Waals surface area contributed by atoms with E-state index in [-0.39, 0.29) is 97.5 Å². The highest BCUT2D eigenvalue weighted by molar-refractivity contribution is 5.84. The molecule has 2 saturated carbocycles. The van der Waals surface area contributed by atoms with E-state index < -0.39 is 301 Å². The molecule has 3 unspecified atom stereocenters. The molecule has 27 N–H and O–H groups in total. The summed E-state index contributed by atoms with van der Waals surface area (Å²) in [6, 6.07) is 50.9. The van der Waals surface area contributed by atoms with Gasteiger partial charge in [-0.05, 0) is 96.1 Å². The summed E-state index contributed by atoms with van der Waals surface area (Å²) in [6.45, 7) is 1.43. The van der Waals surface area contributed by atoms with E-state index in [0.29, 0.717) is 31.2 Å². The monoisotopic (exact) mass is 2110 g/mol. The SMILES string of the molecule is C.C[C@H](C(=O)C[C@@H]1C[C@H](C)[C@@H](O[C@H]2O[C@@H]3CCC(c4ccccc4)O[C@H]3CC2NC(=O)OCc2ccccc2)[C@H](O[C@@H]2O[C@H](CO)[C@@H](O[C@H]3O[C@H]4CCC(c5ccccc5)O[C@H]4[C@H](O)[C@H]3NC(=O)OCc3ccccc3)[C@H]2O)[C@H]1O)[C@@H](CNC(=O)OCc1ccccc1)OCc1ccccc1.NC[C@@H](O)[C@H](O)C(=O)C[C@@H]1C[C@H](N)[C@@H](O[C@H]2O[C@H](CN)[C@@H](O)C[C@H]2N)[C@H](O[C@@H]2O[C@H](CO)[C@@H](O[C@H]3O[C@@H](CN)[C@@H](O)[C@H](O)[C@H]3N)[C@H]2O)[C@H]1O.